The van der Waals surface area contributed by atoms with E-state index in [4.69, 9.17) is 4.74 Å². The minimum atomic E-state index is -0.221. The van der Waals surface area contributed by atoms with Crippen molar-refractivity contribution >= 4 is 0 Å². The second-order valence-corrected chi connectivity index (χ2v) is 4.79. The van der Waals surface area contributed by atoms with E-state index in [9.17, 15) is 4.39 Å². The van der Waals surface area contributed by atoms with E-state index in [2.05, 4.69) is 5.32 Å². The van der Waals surface area contributed by atoms with Crippen LogP contribution in [0.1, 0.15) is 18.4 Å². The summed E-state index contributed by atoms with van der Waals surface area (Å²) in [5.41, 5.74) is 0.596. The van der Waals surface area contributed by atoms with E-state index in [1.165, 1.54) is 18.9 Å². The predicted molar refractivity (Wildman–Crippen MR) is 72.8 cm³/mol. The van der Waals surface area contributed by atoms with Gasteiger partial charge < -0.3 is 10.1 Å². The summed E-state index contributed by atoms with van der Waals surface area (Å²) >= 11 is 0. The Balaban J connectivity index is 1.80. The molecule has 0 radical (unpaired) electrons. The number of ether oxygens (including phenoxy) is 1. The van der Waals surface area contributed by atoms with E-state index in [0.29, 0.717) is 23.9 Å². The molecule has 0 aliphatic heterocycles. The normalized spacial score (nSPS) is 14.4. The second kappa shape index (κ2) is 5.41. The van der Waals surface area contributed by atoms with Crippen LogP contribution < -0.4 is 10.1 Å². The van der Waals surface area contributed by atoms with E-state index in [1.54, 1.807) is 12.1 Å². The third-order valence-electron chi connectivity index (χ3n) is 3.19. The number of halogens is 1. The Morgan fingerprint density at radius 3 is 2.58 bits per heavy atom. The molecule has 3 heteroatoms. The van der Waals surface area contributed by atoms with Gasteiger partial charge in [-0.05, 0) is 37.1 Å². The van der Waals surface area contributed by atoms with E-state index in [1.807, 2.05) is 30.3 Å². The fourth-order valence-electron chi connectivity index (χ4n) is 1.96. The summed E-state index contributed by atoms with van der Waals surface area (Å²) in [6.45, 7) is 0.513. The maximum absolute atomic E-state index is 13.9. The van der Waals surface area contributed by atoms with Crippen LogP contribution in [0.3, 0.4) is 0 Å². The molecule has 0 bridgehead atoms. The average molecular weight is 257 g/mol. The van der Waals surface area contributed by atoms with E-state index in [0.717, 1.165) is 5.75 Å². The first-order valence-electron chi connectivity index (χ1n) is 6.56. The van der Waals surface area contributed by atoms with E-state index >= 15 is 0 Å². The lowest BCUT2D eigenvalue weighted by Crippen LogP contribution is -2.16. The zero-order valence-electron chi connectivity index (χ0n) is 10.6. The highest BCUT2D eigenvalue weighted by Gasteiger charge is 2.21. The van der Waals surface area contributed by atoms with Gasteiger partial charge in [0.05, 0.1) is 0 Å². The van der Waals surface area contributed by atoms with Crippen molar-refractivity contribution in [2.75, 3.05) is 0 Å². The van der Waals surface area contributed by atoms with Gasteiger partial charge in [-0.25, -0.2) is 4.39 Å². The van der Waals surface area contributed by atoms with Crippen molar-refractivity contribution < 1.29 is 9.13 Å². The molecule has 1 N–H and O–H groups in total. The topological polar surface area (TPSA) is 21.3 Å². The lowest BCUT2D eigenvalue weighted by molar-refractivity contribution is 0.461. The molecule has 3 rings (SSSR count). The predicted octanol–water partition coefficient (Wildman–Crippen LogP) is 3.87. The van der Waals surface area contributed by atoms with Gasteiger partial charge in [-0.2, -0.15) is 0 Å². The number of hydrogen-bond donors (Lipinski definition) is 1. The van der Waals surface area contributed by atoms with Gasteiger partial charge in [0.1, 0.15) is 17.3 Å². The first-order chi connectivity index (χ1) is 9.33. The van der Waals surface area contributed by atoms with Gasteiger partial charge in [-0.15, -0.1) is 0 Å². The van der Waals surface area contributed by atoms with Crippen molar-refractivity contribution in [2.24, 2.45) is 0 Å². The van der Waals surface area contributed by atoms with Gasteiger partial charge in [0.2, 0.25) is 0 Å². The number of para-hydroxylation sites is 1. The SMILES string of the molecule is Fc1cccc(Oc2ccccc2)c1CNC1CC1. The number of hydrogen-bond acceptors (Lipinski definition) is 2. The minimum absolute atomic E-state index is 0.221. The molecule has 0 spiro atoms. The van der Waals surface area contributed by atoms with Gasteiger partial charge in [-0.3, -0.25) is 0 Å². The van der Waals surface area contributed by atoms with Crippen LogP contribution in [0.2, 0.25) is 0 Å². The highest BCUT2D eigenvalue weighted by molar-refractivity contribution is 5.38. The zero-order chi connectivity index (χ0) is 13.1. The molecule has 0 unspecified atom stereocenters. The third-order valence-corrected chi connectivity index (χ3v) is 3.19. The molecule has 19 heavy (non-hydrogen) atoms. The van der Waals surface area contributed by atoms with Gasteiger partial charge in [0.25, 0.3) is 0 Å². The summed E-state index contributed by atoms with van der Waals surface area (Å²) in [6, 6.07) is 15.0. The summed E-state index contributed by atoms with van der Waals surface area (Å²) in [5, 5.41) is 3.32. The Bertz CT molecular complexity index is 552. The highest BCUT2D eigenvalue weighted by atomic mass is 19.1. The van der Waals surface area contributed by atoms with Crippen molar-refractivity contribution in [3.05, 3.63) is 59.9 Å². The van der Waals surface area contributed by atoms with Gasteiger partial charge >= 0.3 is 0 Å². The van der Waals surface area contributed by atoms with Crippen LogP contribution in [0, 0.1) is 5.82 Å². The largest absolute Gasteiger partial charge is 0.457 e. The summed E-state index contributed by atoms with van der Waals surface area (Å²) in [7, 11) is 0. The molecule has 0 atom stereocenters. The molecule has 1 saturated carbocycles. The Labute approximate surface area is 112 Å². The number of rotatable bonds is 5. The fourth-order valence-corrected chi connectivity index (χ4v) is 1.96. The molecule has 0 amide bonds. The zero-order valence-corrected chi connectivity index (χ0v) is 10.6. The maximum Gasteiger partial charge on any atom is 0.134 e. The molecule has 1 fully saturated rings. The molecule has 0 aromatic heterocycles. The van der Waals surface area contributed by atoms with E-state index in [-0.39, 0.29) is 5.82 Å². The fraction of sp³-hybridized carbons (Fsp3) is 0.250. The number of nitrogens with one attached hydrogen (secondary N) is 1. The van der Waals surface area contributed by atoms with Crippen LogP contribution >= 0.6 is 0 Å². The van der Waals surface area contributed by atoms with Crippen molar-refractivity contribution in [3.8, 4) is 11.5 Å². The monoisotopic (exact) mass is 257 g/mol. The Morgan fingerprint density at radius 1 is 1.05 bits per heavy atom. The Hall–Kier alpha value is -1.87. The van der Waals surface area contributed by atoms with Crippen LogP contribution in [0.25, 0.3) is 0 Å². The second-order valence-electron chi connectivity index (χ2n) is 4.79. The van der Waals surface area contributed by atoms with Gasteiger partial charge in [0.15, 0.2) is 0 Å². The standard InChI is InChI=1S/C16H16FNO/c17-15-7-4-8-16(14(15)11-18-12-9-10-12)19-13-5-2-1-3-6-13/h1-8,12,18H,9-11H2. The molecule has 1 aliphatic rings. The molecular formula is C16H16FNO. The molecule has 2 aromatic carbocycles. The Morgan fingerprint density at radius 2 is 1.84 bits per heavy atom. The summed E-state index contributed by atoms with van der Waals surface area (Å²) in [6.07, 6.45) is 2.37. The molecule has 1 aliphatic carbocycles. The minimum Gasteiger partial charge on any atom is -0.457 e. The van der Waals surface area contributed by atoms with Crippen LogP contribution in [0.5, 0.6) is 11.5 Å². The summed E-state index contributed by atoms with van der Waals surface area (Å²) in [5.74, 6) is 1.08. The molecular weight excluding hydrogens is 241 g/mol. The summed E-state index contributed by atoms with van der Waals surface area (Å²) < 4.78 is 19.7. The van der Waals surface area contributed by atoms with Crippen molar-refractivity contribution in [2.45, 2.75) is 25.4 Å². The number of benzene rings is 2. The maximum atomic E-state index is 13.9. The third kappa shape index (κ3) is 3.12. The highest BCUT2D eigenvalue weighted by Crippen LogP contribution is 2.28. The van der Waals surface area contributed by atoms with Crippen LogP contribution in [-0.2, 0) is 6.54 Å². The van der Waals surface area contributed by atoms with Crippen molar-refractivity contribution in [1.29, 1.82) is 0 Å². The average Bonchev–Trinajstić information content (AvgIpc) is 3.23. The molecule has 0 saturated heterocycles. The Kier molecular flexibility index (Phi) is 3.47. The quantitative estimate of drug-likeness (QED) is 0.878. The van der Waals surface area contributed by atoms with Crippen LogP contribution in [0.4, 0.5) is 4.39 Å². The first-order valence-corrected chi connectivity index (χ1v) is 6.56. The molecule has 98 valence electrons. The summed E-state index contributed by atoms with van der Waals surface area (Å²) in [4.78, 5) is 0. The van der Waals surface area contributed by atoms with Gasteiger partial charge in [0, 0.05) is 18.2 Å². The lowest BCUT2D eigenvalue weighted by atomic mass is 10.2. The molecule has 2 nitrogen and oxygen atoms in total. The van der Waals surface area contributed by atoms with Crippen LogP contribution in [0.15, 0.2) is 48.5 Å². The van der Waals surface area contributed by atoms with E-state index < -0.39 is 0 Å². The first kappa shape index (κ1) is 12.2. The molecule has 2 aromatic rings. The smallest absolute Gasteiger partial charge is 0.134 e. The lowest BCUT2D eigenvalue weighted by Gasteiger charge is -2.12. The van der Waals surface area contributed by atoms with Gasteiger partial charge in [-0.1, -0.05) is 24.3 Å². The molecule has 0 heterocycles. The van der Waals surface area contributed by atoms with Crippen molar-refractivity contribution in [1.82, 2.24) is 5.32 Å². The van der Waals surface area contributed by atoms with Crippen molar-refractivity contribution in [3.63, 3.8) is 0 Å². The van der Waals surface area contributed by atoms with Crippen LogP contribution in [-0.4, -0.2) is 6.04 Å².